The van der Waals surface area contributed by atoms with E-state index >= 15 is 0 Å². The van der Waals surface area contributed by atoms with Gasteiger partial charge < -0.3 is 9.90 Å². The summed E-state index contributed by atoms with van der Waals surface area (Å²) in [6.45, 7) is 0. The minimum atomic E-state index is -1.42. The summed E-state index contributed by atoms with van der Waals surface area (Å²) in [5.41, 5.74) is 0.220. The Morgan fingerprint density at radius 2 is 1.50 bits per heavy atom. The van der Waals surface area contributed by atoms with Gasteiger partial charge in [0.25, 0.3) is 0 Å². The van der Waals surface area contributed by atoms with Gasteiger partial charge >= 0.3 is 0 Å². The van der Waals surface area contributed by atoms with Crippen LogP contribution in [0.5, 0.6) is 0 Å². The molecule has 14 heavy (non-hydrogen) atoms. The summed E-state index contributed by atoms with van der Waals surface area (Å²) < 4.78 is 10.2. The van der Waals surface area contributed by atoms with E-state index in [-0.39, 0.29) is 5.56 Å². The largest absolute Gasteiger partial charge is 0.545 e. The van der Waals surface area contributed by atoms with E-state index in [9.17, 15) is 14.1 Å². The minimum Gasteiger partial charge on any atom is -0.545 e. The molecule has 3 nitrogen and oxygen atoms in total. The maximum Gasteiger partial charge on any atom is 0.101 e. The Labute approximate surface area is 85.2 Å². The molecule has 0 bridgehead atoms. The number of rotatable bonds is 1. The summed E-state index contributed by atoms with van der Waals surface area (Å²) in [6.07, 6.45) is 5.15. The summed E-state index contributed by atoms with van der Waals surface area (Å²) in [4.78, 5) is 10.1. The van der Waals surface area contributed by atoms with Crippen LogP contribution in [0.4, 0.5) is 0 Å². The predicted octanol–water partition coefficient (Wildman–Crippen LogP) is 0.425. The van der Waals surface area contributed by atoms with Gasteiger partial charge in [0.1, 0.15) is 18.8 Å². The third kappa shape index (κ3) is 8.93. The highest BCUT2D eigenvalue weighted by molar-refractivity contribution is 8.00. The molecule has 0 saturated heterocycles. The fourth-order valence-corrected chi connectivity index (χ4v) is 0.574. The van der Waals surface area contributed by atoms with E-state index in [1.165, 1.54) is 12.1 Å². The van der Waals surface area contributed by atoms with Gasteiger partial charge in [0.15, 0.2) is 0 Å². The average Bonchev–Trinajstić information content (AvgIpc) is 2.03. The van der Waals surface area contributed by atoms with Gasteiger partial charge in [-0.05, 0) is 5.56 Å². The van der Waals surface area contributed by atoms with E-state index in [0.717, 1.165) is 0 Å². The number of carbonyl (C=O) groups is 1. The molecule has 0 N–H and O–H groups in total. The van der Waals surface area contributed by atoms with Crippen LogP contribution in [0.3, 0.4) is 0 Å². The Morgan fingerprint density at radius 3 is 1.71 bits per heavy atom. The molecule has 0 aromatic heterocycles. The number of carbonyl (C=O) groups excluding carboxylic acids is 1. The summed E-state index contributed by atoms with van der Waals surface area (Å²) in [6, 6.07) is 8.06. The van der Waals surface area contributed by atoms with Crippen LogP contribution < -0.4 is 5.11 Å². The van der Waals surface area contributed by atoms with Crippen LogP contribution in [0.25, 0.3) is 0 Å². The van der Waals surface area contributed by atoms with Crippen molar-refractivity contribution in [2.45, 2.75) is 0 Å². The van der Waals surface area contributed by atoms with Crippen LogP contribution in [0.2, 0.25) is 0 Å². The summed E-state index contributed by atoms with van der Waals surface area (Å²) >= 11 is 0. The summed E-state index contributed by atoms with van der Waals surface area (Å²) in [5.74, 6) is -1.13. The second-order valence-corrected chi connectivity index (χ2v) is 6.83. The third-order valence-electron chi connectivity index (χ3n) is 1.01. The quantitative estimate of drug-likeness (QED) is 0.637. The summed E-state index contributed by atoms with van der Waals surface area (Å²) in [5, 5.41) is 10.1. The fourth-order valence-electron chi connectivity index (χ4n) is 0.574. The van der Waals surface area contributed by atoms with Crippen LogP contribution in [0, 0.1) is 0 Å². The first-order valence-corrected chi connectivity index (χ1v) is 6.74. The molecule has 0 radical (unpaired) electrons. The molecule has 78 valence electrons. The van der Waals surface area contributed by atoms with Crippen LogP contribution in [0.1, 0.15) is 10.4 Å². The zero-order chi connectivity index (χ0) is 11.2. The zero-order valence-corrected chi connectivity index (χ0v) is 9.34. The number of carboxylic acid groups (broad SMARTS) is 1. The van der Waals surface area contributed by atoms with Crippen LogP contribution >= 0.6 is 0 Å². The van der Waals surface area contributed by atoms with Crippen molar-refractivity contribution in [3.8, 4) is 0 Å². The number of carboxylic acids is 1. The van der Waals surface area contributed by atoms with Gasteiger partial charge in [0.05, 0.1) is 15.9 Å². The van der Waals surface area contributed by atoms with Crippen molar-refractivity contribution >= 4 is 15.9 Å². The Hall–Kier alpha value is -1.16. The van der Waals surface area contributed by atoms with E-state index in [2.05, 4.69) is 0 Å². The van der Waals surface area contributed by atoms with Gasteiger partial charge in [0.2, 0.25) is 0 Å². The molecule has 0 fully saturated rings. The lowest BCUT2D eigenvalue weighted by atomic mass is 10.2. The Balaban J connectivity index is 0.000000292. The molecule has 0 aliphatic rings. The molecule has 1 aromatic carbocycles. The van der Waals surface area contributed by atoms with Crippen molar-refractivity contribution in [1.29, 1.82) is 0 Å². The monoisotopic (exact) mass is 214 g/mol. The van der Waals surface area contributed by atoms with Gasteiger partial charge in [-0.15, -0.1) is 4.21 Å². The van der Waals surface area contributed by atoms with Crippen molar-refractivity contribution in [3.05, 3.63) is 35.9 Å². The van der Waals surface area contributed by atoms with Crippen LogP contribution in [-0.2, 0) is 14.1 Å². The lowest BCUT2D eigenvalue weighted by Crippen LogP contribution is -2.21. The highest BCUT2D eigenvalue weighted by Gasteiger charge is 1.95. The zero-order valence-electron chi connectivity index (χ0n) is 8.52. The second kappa shape index (κ2) is 5.54. The molecule has 4 heteroatoms. The molecule has 0 aliphatic carbocycles. The minimum absolute atomic E-state index is 0.220. The average molecular weight is 214 g/mol. The highest BCUT2D eigenvalue weighted by Crippen LogP contribution is 1.94. The molecule has 0 amide bonds. The first-order valence-electron chi connectivity index (χ1n) is 3.96. The van der Waals surface area contributed by atoms with Gasteiger partial charge in [-0.1, -0.05) is 30.3 Å². The molecule has 0 spiro atoms. The van der Waals surface area contributed by atoms with Crippen molar-refractivity contribution in [3.63, 3.8) is 0 Å². The van der Waals surface area contributed by atoms with E-state index in [1.807, 2.05) is 0 Å². The number of benzene rings is 1. The lowest BCUT2D eigenvalue weighted by Gasteiger charge is -1.97. The highest BCUT2D eigenvalue weighted by atomic mass is 32.2. The first-order chi connectivity index (χ1) is 6.30. The first kappa shape index (κ1) is 12.8. The Kier molecular flexibility index (Phi) is 5.09. The number of hydrogen-bond donors (Lipinski definition) is 0. The van der Waals surface area contributed by atoms with Crippen LogP contribution in [0.15, 0.2) is 30.3 Å². The van der Waals surface area contributed by atoms with Crippen molar-refractivity contribution in [2.75, 3.05) is 18.8 Å². The molecule has 1 aromatic rings. The molecule has 0 aliphatic heterocycles. The third-order valence-corrected chi connectivity index (χ3v) is 1.01. The Bertz CT molecular complexity index is 318. The van der Waals surface area contributed by atoms with Crippen LogP contribution in [-0.4, -0.2) is 24.7 Å². The topological polar surface area (TPSA) is 57.2 Å². The SMILES string of the molecule is C[S+](C)(C)=O.O=C([O-])c1ccccc1. The lowest BCUT2D eigenvalue weighted by molar-refractivity contribution is -0.255. The van der Waals surface area contributed by atoms with E-state index in [0.29, 0.717) is 0 Å². The fraction of sp³-hybridized carbons (Fsp3) is 0.300. The van der Waals surface area contributed by atoms with E-state index in [1.54, 1.807) is 37.0 Å². The maximum atomic E-state index is 10.2. The normalized spacial score (nSPS) is 9.93. The molecule has 0 atom stereocenters. The molecular weight excluding hydrogens is 200 g/mol. The molecular formula is C10H14O3S. The summed E-state index contributed by atoms with van der Waals surface area (Å²) in [7, 11) is -1.42. The second-order valence-electron chi connectivity index (χ2n) is 3.38. The van der Waals surface area contributed by atoms with Crippen molar-refractivity contribution in [1.82, 2.24) is 0 Å². The van der Waals surface area contributed by atoms with Crippen molar-refractivity contribution < 1.29 is 14.1 Å². The van der Waals surface area contributed by atoms with Gasteiger partial charge in [0, 0.05) is 0 Å². The van der Waals surface area contributed by atoms with Crippen molar-refractivity contribution in [2.24, 2.45) is 0 Å². The maximum absolute atomic E-state index is 10.2. The predicted molar refractivity (Wildman–Crippen MR) is 56.6 cm³/mol. The molecule has 0 heterocycles. The van der Waals surface area contributed by atoms with Gasteiger partial charge in [-0.25, -0.2) is 0 Å². The molecule has 1 rings (SSSR count). The molecule has 0 unspecified atom stereocenters. The number of aromatic carboxylic acids is 1. The van der Waals surface area contributed by atoms with Gasteiger partial charge in [-0.2, -0.15) is 0 Å². The number of hydrogen-bond acceptors (Lipinski definition) is 3. The smallest absolute Gasteiger partial charge is 0.101 e. The molecule has 0 saturated carbocycles. The van der Waals surface area contributed by atoms with E-state index in [4.69, 9.17) is 0 Å². The Morgan fingerprint density at radius 1 is 1.14 bits per heavy atom. The van der Waals surface area contributed by atoms with E-state index < -0.39 is 15.9 Å². The standard InChI is InChI=1S/C7H6O2.C3H9OS/c8-7(9)6-4-2-1-3-5-6;1-5(2,3)4/h1-5H,(H,8,9);1-3H3/q;+1/p-1. The van der Waals surface area contributed by atoms with Gasteiger partial charge in [-0.3, -0.25) is 0 Å².